The van der Waals surface area contributed by atoms with Crippen LogP contribution in [0.4, 0.5) is 0 Å². The fourth-order valence-electron chi connectivity index (χ4n) is 4.25. The van der Waals surface area contributed by atoms with Crippen molar-refractivity contribution in [2.45, 2.75) is 32.2 Å². The Bertz CT molecular complexity index is 1100. The maximum atomic E-state index is 13.2. The molecule has 1 atom stereocenters. The third-order valence-electron chi connectivity index (χ3n) is 6.11. The summed E-state index contributed by atoms with van der Waals surface area (Å²) in [6, 6.07) is 25.6. The molecule has 1 amide bonds. The summed E-state index contributed by atoms with van der Waals surface area (Å²) in [4.78, 5) is 15.0. The minimum atomic E-state index is -0.346. The van der Waals surface area contributed by atoms with Crippen LogP contribution in [0.2, 0.25) is 0 Å². The largest absolute Gasteiger partial charge is 0.503 e. The van der Waals surface area contributed by atoms with Gasteiger partial charge in [-0.25, -0.2) is 0 Å². The van der Waals surface area contributed by atoms with Crippen LogP contribution in [0.15, 0.2) is 84.6 Å². The lowest BCUT2D eigenvalue weighted by atomic mass is 9.91. The van der Waals surface area contributed by atoms with Gasteiger partial charge in [0.15, 0.2) is 5.76 Å². The Morgan fingerprint density at radius 2 is 1.59 bits per heavy atom. The number of rotatable bonds is 7. The van der Waals surface area contributed by atoms with Crippen LogP contribution in [0, 0.1) is 0 Å². The first-order valence-electron chi connectivity index (χ1n) is 11.0. The molecule has 1 aliphatic rings. The fraction of sp³-hybridized carbons (Fsp3) is 0.250. The SMILES string of the molecule is COc1ccc(C2=C(O)C(=O)N(CCc3ccccc3)C2c2ccc(C(C)C)cc2)cc1. The van der Waals surface area contributed by atoms with Crippen LogP contribution >= 0.6 is 0 Å². The molecule has 4 rings (SSSR count). The molecule has 4 heteroatoms. The van der Waals surface area contributed by atoms with E-state index in [1.807, 2.05) is 42.5 Å². The van der Waals surface area contributed by atoms with Gasteiger partial charge in [0.2, 0.25) is 0 Å². The Kier molecular flexibility index (Phi) is 6.31. The predicted molar refractivity (Wildman–Crippen MR) is 128 cm³/mol. The maximum Gasteiger partial charge on any atom is 0.289 e. The van der Waals surface area contributed by atoms with E-state index >= 15 is 0 Å². The molecule has 3 aromatic carbocycles. The second-order valence-corrected chi connectivity index (χ2v) is 8.45. The Morgan fingerprint density at radius 1 is 0.938 bits per heavy atom. The van der Waals surface area contributed by atoms with Crippen LogP contribution in [0.1, 0.15) is 48.1 Å². The lowest BCUT2D eigenvalue weighted by molar-refractivity contribution is -0.129. The van der Waals surface area contributed by atoms with Gasteiger partial charge in [0.05, 0.1) is 13.2 Å². The van der Waals surface area contributed by atoms with Crippen LogP contribution in [0.25, 0.3) is 5.57 Å². The van der Waals surface area contributed by atoms with Gasteiger partial charge in [0.1, 0.15) is 5.75 Å². The van der Waals surface area contributed by atoms with Crippen molar-refractivity contribution in [3.05, 3.63) is 107 Å². The quantitative estimate of drug-likeness (QED) is 0.510. The molecule has 0 aromatic heterocycles. The third-order valence-corrected chi connectivity index (χ3v) is 6.11. The summed E-state index contributed by atoms with van der Waals surface area (Å²) < 4.78 is 5.28. The minimum Gasteiger partial charge on any atom is -0.503 e. The van der Waals surface area contributed by atoms with Crippen molar-refractivity contribution in [1.29, 1.82) is 0 Å². The van der Waals surface area contributed by atoms with Crippen LogP contribution in [0.5, 0.6) is 5.75 Å². The topological polar surface area (TPSA) is 49.8 Å². The molecule has 3 aromatic rings. The van der Waals surface area contributed by atoms with Crippen LogP contribution in [0.3, 0.4) is 0 Å². The van der Waals surface area contributed by atoms with E-state index in [1.54, 1.807) is 12.0 Å². The molecular formula is C28H29NO3. The van der Waals surface area contributed by atoms with Gasteiger partial charge in [-0.2, -0.15) is 0 Å². The number of aliphatic hydroxyl groups excluding tert-OH is 1. The van der Waals surface area contributed by atoms with E-state index in [0.717, 1.165) is 28.9 Å². The summed E-state index contributed by atoms with van der Waals surface area (Å²) in [5.41, 5.74) is 4.85. The number of amides is 1. The first-order chi connectivity index (χ1) is 15.5. The molecule has 4 nitrogen and oxygen atoms in total. The van der Waals surface area contributed by atoms with Crippen molar-refractivity contribution in [3.63, 3.8) is 0 Å². The molecule has 0 radical (unpaired) electrons. The molecule has 0 bridgehead atoms. The van der Waals surface area contributed by atoms with Gasteiger partial charge < -0.3 is 14.7 Å². The van der Waals surface area contributed by atoms with Crippen molar-refractivity contribution >= 4 is 11.5 Å². The zero-order chi connectivity index (χ0) is 22.7. The number of carbonyl (C=O) groups excluding carboxylic acids is 1. The molecule has 32 heavy (non-hydrogen) atoms. The number of hydrogen-bond donors (Lipinski definition) is 1. The molecular weight excluding hydrogens is 398 g/mol. The van der Waals surface area contributed by atoms with Gasteiger partial charge in [-0.05, 0) is 46.7 Å². The van der Waals surface area contributed by atoms with Crippen molar-refractivity contribution in [3.8, 4) is 5.75 Å². The minimum absolute atomic E-state index is 0.179. The van der Waals surface area contributed by atoms with Gasteiger partial charge >= 0.3 is 0 Å². The van der Waals surface area contributed by atoms with Crippen molar-refractivity contribution < 1.29 is 14.6 Å². The number of ether oxygens (including phenoxy) is 1. The summed E-state index contributed by atoms with van der Waals surface area (Å²) in [5, 5.41) is 10.9. The summed E-state index contributed by atoms with van der Waals surface area (Å²) in [5.74, 6) is 0.649. The normalized spacial score (nSPS) is 16.2. The lowest BCUT2D eigenvalue weighted by Gasteiger charge is -2.28. The van der Waals surface area contributed by atoms with E-state index in [0.29, 0.717) is 18.0 Å². The first kappa shape index (κ1) is 21.7. The third kappa shape index (κ3) is 4.26. The highest BCUT2D eigenvalue weighted by Gasteiger charge is 2.40. The van der Waals surface area contributed by atoms with E-state index < -0.39 is 0 Å². The average Bonchev–Trinajstić information content (AvgIpc) is 3.08. The first-order valence-corrected chi connectivity index (χ1v) is 11.0. The number of hydrogen-bond acceptors (Lipinski definition) is 3. The number of carbonyl (C=O) groups is 1. The molecule has 0 saturated carbocycles. The number of benzene rings is 3. The van der Waals surface area contributed by atoms with E-state index in [4.69, 9.17) is 4.74 Å². The molecule has 0 spiro atoms. The highest BCUT2D eigenvalue weighted by molar-refractivity contribution is 6.05. The maximum absolute atomic E-state index is 13.2. The standard InChI is InChI=1S/C28H29NO3/c1-19(2)21-9-11-23(12-10-21)26-25(22-13-15-24(32-3)16-14-22)27(30)28(31)29(26)18-17-20-7-5-4-6-8-20/h4-16,19,26,30H,17-18H2,1-3H3. The predicted octanol–water partition coefficient (Wildman–Crippen LogP) is 5.91. The Hall–Kier alpha value is -3.53. The lowest BCUT2D eigenvalue weighted by Crippen LogP contribution is -2.32. The molecule has 0 fully saturated rings. The molecule has 0 saturated heterocycles. The Balaban J connectivity index is 1.73. The summed E-state index contributed by atoms with van der Waals surface area (Å²) in [6.07, 6.45) is 0.719. The van der Waals surface area contributed by atoms with Crippen molar-refractivity contribution in [2.75, 3.05) is 13.7 Å². The highest BCUT2D eigenvalue weighted by atomic mass is 16.5. The monoisotopic (exact) mass is 427 g/mol. The Morgan fingerprint density at radius 3 is 2.19 bits per heavy atom. The molecule has 164 valence electrons. The zero-order valence-electron chi connectivity index (χ0n) is 18.8. The fourth-order valence-corrected chi connectivity index (χ4v) is 4.25. The second-order valence-electron chi connectivity index (χ2n) is 8.45. The molecule has 1 unspecified atom stereocenters. The van der Waals surface area contributed by atoms with E-state index in [2.05, 4.69) is 50.2 Å². The Labute approximate surface area is 189 Å². The summed E-state index contributed by atoms with van der Waals surface area (Å²) in [6.45, 7) is 4.84. The van der Waals surface area contributed by atoms with Gasteiger partial charge in [0.25, 0.3) is 5.91 Å². The van der Waals surface area contributed by atoms with E-state index in [9.17, 15) is 9.90 Å². The zero-order valence-corrected chi connectivity index (χ0v) is 18.8. The van der Waals surface area contributed by atoms with E-state index in [1.165, 1.54) is 5.56 Å². The van der Waals surface area contributed by atoms with Crippen LogP contribution < -0.4 is 4.74 Å². The second kappa shape index (κ2) is 9.31. The van der Waals surface area contributed by atoms with Gasteiger partial charge in [0, 0.05) is 12.1 Å². The van der Waals surface area contributed by atoms with Crippen molar-refractivity contribution in [1.82, 2.24) is 4.90 Å². The van der Waals surface area contributed by atoms with Crippen LogP contribution in [-0.4, -0.2) is 29.6 Å². The average molecular weight is 428 g/mol. The van der Waals surface area contributed by atoms with E-state index in [-0.39, 0.29) is 17.7 Å². The van der Waals surface area contributed by atoms with Gasteiger partial charge in [-0.15, -0.1) is 0 Å². The molecule has 1 heterocycles. The number of methoxy groups -OCH3 is 1. The highest BCUT2D eigenvalue weighted by Crippen LogP contribution is 2.43. The van der Waals surface area contributed by atoms with Gasteiger partial charge in [-0.3, -0.25) is 4.79 Å². The summed E-state index contributed by atoms with van der Waals surface area (Å²) in [7, 11) is 1.62. The van der Waals surface area contributed by atoms with Gasteiger partial charge in [-0.1, -0.05) is 80.6 Å². The smallest absolute Gasteiger partial charge is 0.289 e. The molecule has 0 aliphatic carbocycles. The molecule has 1 N–H and O–H groups in total. The molecule has 1 aliphatic heterocycles. The van der Waals surface area contributed by atoms with Crippen LogP contribution in [-0.2, 0) is 11.2 Å². The number of aliphatic hydroxyl groups is 1. The van der Waals surface area contributed by atoms with Crippen molar-refractivity contribution in [2.24, 2.45) is 0 Å². The number of nitrogens with zero attached hydrogens (tertiary/aromatic N) is 1. The summed E-state index contributed by atoms with van der Waals surface area (Å²) >= 11 is 0.